The van der Waals surface area contributed by atoms with E-state index < -0.39 is 0 Å². The van der Waals surface area contributed by atoms with E-state index in [1.807, 2.05) is 30.3 Å². The molecule has 0 amide bonds. The van der Waals surface area contributed by atoms with Gasteiger partial charge in [-0.05, 0) is 25.5 Å². The summed E-state index contributed by atoms with van der Waals surface area (Å²) in [5, 5.41) is 3.46. The molecule has 3 heteroatoms. The summed E-state index contributed by atoms with van der Waals surface area (Å²) < 4.78 is 5.68. The quantitative estimate of drug-likeness (QED) is 0.786. The van der Waals surface area contributed by atoms with Gasteiger partial charge in [-0.15, -0.1) is 0 Å². The Bertz CT molecular complexity index is 315. The zero-order valence-corrected chi connectivity index (χ0v) is 10.6. The van der Waals surface area contributed by atoms with Gasteiger partial charge in [-0.25, -0.2) is 0 Å². The minimum atomic E-state index is 0.624. The van der Waals surface area contributed by atoms with Gasteiger partial charge in [-0.3, -0.25) is 0 Å². The number of rotatable bonds is 5. The highest BCUT2D eigenvalue weighted by Crippen LogP contribution is 2.08. The Hall–Kier alpha value is -1.06. The Morgan fingerprint density at radius 3 is 2.94 bits per heavy atom. The monoisotopic (exact) mass is 234 g/mol. The van der Waals surface area contributed by atoms with Crippen LogP contribution >= 0.6 is 0 Å². The van der Waals surface area contributed by atoms with Crippen molar-refractivity contribution in [3.63, 3.8) is 0 Å². The number of nitrogens with zero attached hydrogens (tertiary/aromatic N) is 1. The van der Waals surface area contributed by atoms with Gasteiger partial charge in [-0.2, -0.15) is 0 Å². The van der Waals surface area contributed by atoms with Crippen LogP contribution in [0.5, 0.6) is 5.75 Å². The molecule has 0 aliphatic carbocycles. The highest BCUT2D eigenvalue weighted by molar-refractivity contribution is 5.20. The summed E-state index contributed by atoms with van der Waals surface area (Å²) in [4.78, 5) is 2.51. The normalized spacial score (nSPS) is 21.4. The number of nitrogens with one attached hydrogen (secondary N) is 1. The molecule has 0 saturated carbocycles. The van der Waals surface area contributed by atoms with Crippen molar-refractivity contribution >= 4 is 0 Å². The second-order valence-corrected chi connectivity index (χ2v) is 4.67. The second kappa shape index (κ2) is 6.62. The Morgan fingerprint density at radius 1 is 1.35 bits per heavy atom. The molecule has 1 aliphatic heterocycles. The number of hydrogen-bond acceptors (Lipinski definition) is 3. The third kappa shape index (κ3) is 4.36. The first kappa shape index (κ1) is 12.4. The van der Waals surface area contributed by atoms with Gasteiger partial charge >= 0.3 is 0 Å². The van der Waals surface area contributed by atoms with Crippen molar-refractivity contribution in [3.8, 4) is 5.75 Å². The molecule has 1 aromatic rings. The topological polar surface area (TPSA) is 24.5 Å². The van der Waals surface area contributed by atoms with E-state index in [9.17, 15) is 0 Å². The summed E-state index contributed by atoms with van der Waals surface area (Å²) in [5.41, 5.74) is 0. The lowest BCUT2D eigenvalue weighted by Gasteiger charge is -2.31. The maximum Gasteiger partial charge on any atom is 0.119 e. The fourth-order valence-electron chi connectivity index (χ4n) is 2.21. The first-order valence-corrected chi connectivity index (χ1v) is 6.48. The summed E-state index contributed by atoms with van der Waals surface area (Å²) in [6.07, 6.45) is 1.10. The molecule has 17 heavy (non-hydrogen) atoms. The second-order valence-electron chi connectivity index (χ2n) is 4.67. The zero-order chi connectivity index (χ0) is 11.9. The summed E-state index contributed by atoms with van der Waals surface area (Å²) in [6.45, 7) is 7.62. The maximum atomic E-state index is 5.68. The largest absolute Gasteiger partial charge is 0.494 e. The summed E-state index contributed by atoms with van der Waals surface area (Å²) in [6, 6.07) is 10.7. The molecule has 2 rings (SSSR count). The van der Waals surface area contributed by atoms with Crippen LogP contribution in [0.2, 0.25) is 0 Å². The van der Waals surface area contributed by atoms with Crippen molar-refractivity contribution in [1.29, 1.82) is 0 Å². The van der Waals surface area contributed by atoms with Crippen LogP contribution in [0.1, 0.15) is 13.3 Å². The van der Waals surface area contributed by atoms with E-state index in [1.54, 1.807) is 0 Å². The molecule has 1 saturated heterocycles. The summed E-state index contributed by atoms with van der Waals surface area (Å²) in [7, 11) is 0. The third-order valence-corrected chi connectivity index (χ3v) is 3.08. The molecule has 0 aromatic heterocycles. The number of piperazine rings is 1. The van der Waals surface area contributed by atoms with Crippen LogP contribution in [-0.4, -0.2) is 43.7 Å². The van der Waals surface area contributed by atoms with Crippen LogP contribution in [-0.2, 0) is 0 Å². The Morgan fingerprint density at radius 2 is 2.18 bits per heavy atom. The van der Waals surface area contributed by atoms with Gasteiger partial charge in [0.25, 0.3) is 0 Å². The van der Waals surface area contributed by atoms with Crippen molar-refractivity contribution in [2.75, 3.05) is 32.8 Å². The van der Waals surface area contributed by atoms with Gasteiger partial charge < -0.3 is 15.0 Å². The van der Waals surface area contributed by atoms with Crippen LogP contribution in [0.4, 0.5) is 0 Å². The van der Waals surface area contributed by atoms with Gasteiger partial charge in [0, 0.05) is 32.2 Å². The van der Waals surface area contributed by atoms with E-state index in [1.165, 1.54) is 0 Å². The third-order valence-electron chi connectivity index (χ3n) is 3.08. The molecule has 1 atom stereocenters. The van der Waals surface area contributed by atoms with Gasteiger partial charge in [0.1, 0.15) is 5.75 Å². The number of para-hydroxylation sites is 1. The Balaban J connectivity index is 1.60. The van der Waals surface area contributed by atoms with Crippen LogP contribution in [0.15, 0.2) is 30.3 Å². The predicted octanol–water partition coefficient (Wildman–Crippen LogP) is 1.75. The van der Waals surface area contributed by atoms with Crippen molar-refractivity contribution in [3.05, 3.63) is 30.3 Å². The fourth-order valence-corrected chi connectivity index (χ4v) is 2.21. The number of hydrogen-bond donors (Lipinski definition) is 1. The van der Waals surface area contributed by atoms with E-state index >= 15 is 0 Å². The first-order chi connectivity index (χ1) is 8.34. The smallest absolute Gasteiger partial charge is 0.119 e. The zero-order valence-electron chi connectivity index (χ0n) is 10.6. The van der Waals surface area contributed by atoms with Gasteiger partial charge in [-0.1, -0.05) is 18.2 Å². The molecule has 1 heterocycles. The lowest BCUT2D eigenvalue weighted by Crippen LogP contribution is -2.49. The van der Waals surface area contributed by atoms with E-state index in [4.69, 9.17) is 4.74 Å². The van der Waals surface area contributed by atoms with Gasteiger partial charge in [0.2, 0.25) is 0 Å². The van der Waals surface area contributed by atoms with E-state index in [0.717, 1.165) is 45.0 Å². The molecular formula is C14H22N2O. The van der Waals surface area contributed by atoms with Gasteiger partial charge in [0.15, 0.2) is 0 Å². The average molecular weight is 234 g/mol. The first-order valence-electron chi connectivity index (χ1n) is 6.48. The van der Waals surface area contributed by atoms with E-state index in [0.29, 0.717) is 6.04 Å². The molecule has 94 valence electrons. The minimum absolute atomic E-state index is 0.624. The highest BCUT2D eigenvalue weighted by atomic mass is 16.5. The van der Waals surface area contributed by atoms with Crippen molar-refractivity contribution in [2.45, 2.75) is 19.4 Å². The molecule has 1 N–H and O–H groups in total. The molecular weight excluding hydrogens is 212 g/mol. The molecule has 1 fully saturated rings. The van der Waals surface area contributed by atoms with Crippen LogP contribution < -0.4 is 10.1 Å². The van der Waals surface area contributed by atoms with E-state index in [-0.39, 0.29) is 0 Å². The molecule has 1 unspecified atom stereocenters. The fraction of sp³-hybridized carbons (Fsp3) is 0.571. The molecule has 0 spiro atoms. The molecule has 0 bridgehead atoms. The number of benzene rings is 1. The maximum absolute atomic E-state index is 5.68. The number of ether oxygens (including phenoxy) is 1. The van der Waals surface area contributed by atoms with Crippen molar-refractivity contribution in [2.24, 2.45) is 0 Å². The summed E-state index contributed by atoms with van der Waals surface area (Å²) in [5.74, 6) is 0.973. The Labute approximate surface area is 104 Å². The lowest BCUT2D eigenvalue weighted by molar-refractivity contribution is 0.189. The molecule has 1 aliphatic rings. The van der Waals surface area contributed by atoms with Crippen LogP contribution in [0.3, 0.4) is 0 Å². The van der Waals surface area contributed by atoms with Crippen molar-refractivity contribution < 1.29 is 4.74 Å². The predicted molar refractivity (Wildman–Crippen MR) is 70.5 cm³/mol. The molecule has 1 aromatic carbocycles. The highest BCUT2D eigenvalue weighted by Gasteiger charge is 2.14. The minimum Gasteiger partial charge on any atom is -0.494 e. The lowest BCUT2D eigenvalue weighted by atomic mass is 10.2. The van der Waals surface area contributed by atoms with E-state index in [2.05, 4.69) is 17.1 Å². The summed E-state index contributed by atoms with van der Waals surface area (Å²) >= 11 is 0. The van der Waals surface area contributed by atoms with Crippen LogP contribution in [0.25, 0.3) is 0 Å². The molecule has 3 nitrogen and oxygen atoms in total. The van der Waals surface area contributed by atoms with Crippen LogP contribution in [0, 0.1) is 0 Å². The SMILES string of the molecule is CC1CN(CCCOc2ccccc2)CCN1. The van der Waals surface area contributed by atoms with Crippen molar-refractivity contribution in [1.82, 2.24) is 10.2 Å². The average Bonchev–Trinajstić information content (AvgIpc) is 2.36. The Kier molecular flexibility index (Phi) is 4.83. The standard InChI is InChI=1S/C14H22N2O/c1-13-12-16(10-8-15-13)9-5-11-17-14-6-3-2-4-7-14/h2-4,6-7,13,15H,5,8-12H2,1H3. The molecule has 0 radical (unpaired) electrons. The van der Waals surface area contributed by atoms with Gasteiger partial charge in [0.05, 0.1) is 6.61 Å².